The van der Waals surface area contributed by atoms with E-state index in [-0.39, 0.29) is 18.1 Å². The fourth-order valence-electron chi connectivity index (χ4n) is 2.54. The zero-order valence-corrected chi connectivity index (χ0v) is 14.9. The average Bonchev–Trinajstić information content (AvgIpc) is 2.52. The van der Waals surface area contributed by atoms with Gasteiger partial charge < -0.3 is 10.1 Å². The van der Waals surface area contributed by atoms with Gasteiger partial charge in [-0.05, 0) is 45.7 Å². The standard InChI is InChI=1S/C19H24N2O3/c1-6-19(4,5)21-16(22)11-24-18(23)17-12(2)14-9-7-8-10-15(14)20-13(17)3/h7-10H,6,11H2,1-5H3,(H,21,22). The molecule has 0 aliphatic heterocycles. The van der Waals surface area contributed by atoms with Crippen molar-refractivity contribution in [3.05, 3.63) is 41.1 Å². The summed E-state index contributed by atoms with van der Waals surface area (Å²) in [5, 5.41) is 3.75. The quantitative estimate of drug-likeness (QED) is 0.855. The molecular formula is C19H24N2O3. The highest BCUT2D eigenvalue weighted by Gasteiger charge is 2.21. The fraction of sp³-hybridized carbons (Fsp3) is 0.421. The first-order valence-corrected chi connectivity index (χ1v) is 8.09. The van der Waals surface area contributed by atoms with E-state index in [4.69, 9.17) is 4.74 Å². The van der Waals surface area contributed by atoms with E-state index < -0.39 is 5.97 Å². The zero-order chi connectivity index (χ0) is 17.9. The number of aromatic nitrogens is 1. The van der Waals surface area contributed by atoms with E-state index in [9.17, 15) is 9.59 Å². The second-order valence-corrected chi connectivity index (χ2v) is 6.58. The Morgan fingerprint density at radius 2 is 1.88 bits per heavy atom. The van der Waals surface area contributed by atoms with Gasteiger partial charge in [0.05, 0.1) is 16.8 Å². The van der Waals surface area contributed by atoms with Gasteiger partial charge in [0.25, 0.3) is 5.91 Å². The smallest absolute Gasteiger partial charge is 0.340 e. The summed E-state index contributed by atoms with van der Waals surface area (Å²) in [5.41, 5.74) is 2.37. The van der Waals surface area contributed by atoms with Crippen LogP contribution >= 0.6 is 0 Å². The van der Waals surface area contributed by atoms with E-state index >= 15 is 0 Å². The van der Waals surface area contributed by atoms with E-state index in [2.05, 4.69) is 10.3 Å². The third kappa shape index (κ3) is 3.91. The zero-order valence-electron chi connectivity index (χ0n) is 14.9. The van der Waals surface area contributed by atoms with Crippen molar-refractivity contribution in [1.82, 2.24) is 10.3 Å². The van der Waals surface area contributed by atoms with Crippen molar-refractivity contribution in [2.24, 2.45) is 0 Å². The number of carbonyl (C=O) groups is 2. The fourth-order valence-corrected chi connectivity index (χ4v) is 2.54. The number of hydrogen-bond acceptors (Lipinski definition) is 4. The van der Waals surface area contributed by atoms with Gasteiger partial charge in [-0.3, -0.25) is 9.78 Å². The molecule has 0 aliphatic carbocycles. The number of nitrogens with zero attached hydrogens (tertiary/aromatic N) is 1. The molecule has 0 atom stereocenters. The molecule has 0 fully saturated rings. The van der Waals surface area contributed by atoms with Crippen LogP contribution in [0, 0.1) is 13.8 Å². The van der Waals surface area contributed by atoms with Crippen molar-refractivity contribution in [3.63, 3.8) is 0 Å². The first-order valence-electron chi connectivity index (χ1n) is 8.09. The normalized spacial score (nSPS) is 11.4. The van der Waals surface area contributed by atoms with Gasteiger partial charge in [-0.1, -0.05) is 25.1 Å². The number of hydrogen-bond donors (Lipinski definition) is 1. The number of rotatable bonds is 5. The number of carbonyl (C=O) groups excluding carboxylic acids is 2. The Bertz CT molecular complexity index is 782. The van der Waals surface area contributed by atoms with Crippen LogP contribution < -0.4 is 5.32 Å². The Morgan fingerprint density at radius 3 is 2.54 bits per heavy atom. The van der Waals surface area contributed by atoms with E-state index in [0.717, 1.165) is 22.9 Å². The molecule has 24 heavy (non-hydrogen) atoms. The molecular weight excluding hydrogens is 304 g/mol. The van der Waals surface area contributed by atoms with Gasteiger partial charge in [-0.2, -0.15) is 0 Å². The number of para-hydroxylation sites is 1. The number of fused-ring (bicyclic) bond motifs is 1. The molecule has 0 aliphatic rings. The first-order chi connectivity index (χ1) is 11.2. The minimum atomic E-state index is -0.521. The summed E-state index contributed by atoms with van der Waals surface area (Å²) in [4.78, 5) is 28.8. The lowest BCUT2D eigenvalue weighted by atomic mass is 10.0. The van der Waals surface area contributed by atoms with Crippen molar-refractivity contribution in [1.29, 1.82) is 0 Å². The van der Waals surface area contributed by atoms with Gasteiger partial charge in [-0.25, -0.2) is 4.79 Å². The van der Waals surface area contributed by atoms with Crippen LogP contribution in [0.25, 0.3) is 10.9 Å². The predicted molar refractivity (Wildman–Crippen MR) is 94.0 cm³/mol. The van der Waals surface area contributed by atoms with Crippen molar-refractivity contribution in [2.75, 3.05) is 6.61 Å². The predicted octanol–water partition coefficient (Wildman–Crippen LogP) is 3.31. The monoisotopic (exact) mass is 328 g/mol. The molecule has 5 nitrogen and oxygen atoms in total. The lowest BCUT2D eigenvalue weighted by molar-refractivity contribution is -0.125. The Kier molecular flexibility index (Phi) is 5.22. The number of benzene rings is 1. The molecule has 1 heterocycles. The number of esters is 1. The Hall–Kier alpha value is -2.43. The number of aryl methyl sites for hydroxylation is 2. The Labute approximate surface area is 142 Å². The topological polar surface area (TPSA) is 68.3 Å². The highest BCUT2D eigenvalue weighted by Crippen LogP contribution is 2.23. The summed E-state index contributed by atoms with van der Waals surface area (Å²) < 4.78 is 5.20. The van der Waals surface area contributed by atoms with Crippen LogP contribution in [0.4, 0.5) is 0 Å². The van der Waals surface area contributed by atoms with Crippen molar-refractivity contribution >= 4 is 22.8 Å². The molecule has 128 valence electrons. The summed E-state index contributed by atoms with van der Waals surface area (Å²) >= 11 is 0. The maximum Gasteiger partial charge on any atom is 0.340 e. The third-order valence-electron chi connectivity index (χ3n) is 4.23. The van der Waals surface area contributed by atoms with E-state index in [1.807, 2.05) is 52.0 Å². The van der Waals surface area contributed by atoms with Crippen molar-refractivity contribution < 1.29 is 14.3 Å². The molecule has 0 unspecified atom stereocenters. The molecule has 5 heteroatoms. The molecule has 1 aromatic carbocycles. The van der Waals surface area contributed by atoms with Crippen molar-refractivity contribution in [2.45, 2.75) is 46.6 Å². The Balaban J connectivity index is 2.16. The minimum absolute atomic E-state index is 0.298. The molecule has 1 aromatic heterocycles. The molecule has 1 amide bonds. The highest BCUT2D eigenvalue weighted by molar-refractivity contribution is 5.99. The number of pyridine rings is 1. The maximum atomic E-state index is 12.4. The van der Waals surface area contributed by atoms with Crippen LogP contribution in [0.5, 0.6) is 0 Å². The van der Waals surface area contributed by atoms with Gasteiger partial charge in [0, 0.05) is 10.9 Å². The summed E-state index contributed by atoms with van der Waals surface area (Å²) in [6.07, 6.45) is 0.791. The molecule has 0 radical (unpaired) electrons. The average molecular weight is 328 g/mol. The van der Waals surface area contributed by atoms with E-state index in [0.29, 0.717) is 11.3 Å². The first kappa shape index (κ1) is 17.9. The lowest BCUT2D eigenvalue weighted by Crippen LogP contribution is -2.44. The van der Waals surface area contributed by atoms with Crippen LogP contribution in [0.15, 0.2) is 24.3 Å². The van der Waals surface area contributed by atoms with Crippen LogP contribution in [0.2, 0.25) is 0 Å². The summed E-state index contributed by atoms with van der Waals surface area (Å²) in [5.74, 6) is -0.827. The molecule has 2 aromatic rings. The molecule has 1 N–H and O–H groups in total. The van der Waals surface area contributed by atoms with Gasteiger partial charge in [-0.15, -0.1) is 0 Å². The third-order valence-corrected chi connectivity index (χ3v) is 4.23. The summed E-state index contributed by atoms with van der Waals surface area (Å²) in [7, 11) is 0. The van der Waals surface area contributed by atoms with E-state index in [1.165, 1.54) is 0 Å². The molecule has 0 bridgehead atoms. The minimum Gasteiger partial charge on any atom is -0.452 e. The number of ether oxygens (including phenoxy) is 1. The van der Waals surface area contributed by atoms with Crippen LogP contribution in [0.1, 0.15) is 48.8 Å². The largest absolute Gasteiger partial charge is 0.452 e. The van der Waals surface area contributed by atoms with Gasteiger partial charge in [0.15, 0.2) is 6.61 Å². The molecule has 0 saturated heterocycles. The molecule has 0 saturated carbocycles. The van der Waals surface area contributed by atoms with Crippen molar-refractivity contribution in [3.8, 4) is 0 Å². The SMILES string of the molecule is CCC(C)(C)NC(=O)COC(=O)c1c(C)nc2ccccc2c1C. The van der Waals surface area contributed by atoms with Crippen LogP contribution in [-0.2, 0) is 9.53 Å². The lowest BCUT2D eigenvalue weighted by Gasteiger charge is -2.24. The second kappa shape index (κ2) is 6.99. The molecule has 0 spiro atoms. The van der Waals surface area contributed by atoms with Gasteiger partial charge in [0.1, 0.15) is 0 Å². The summed E-state index contributed by atoms with van der Waals surface area (Å²) in [6, 6.07) is 7.64. The maximum absolute atomic E-state index is 12.4. The van der Waals surface area contributed by atoms with Crippen LogP contribution in [-0.4, -0.2) is 29.0 Å². The van der Waals surface area contributed by atoms with Crippen LogP contribution in [0.3, 0.4) is 0 Å². The van der Waals surface area contributed by atoms with E-state index in [1.54, 1.807) is 6.92 Å². The van der Waals surface area contributed by atoms with Gasteiger partial charge in [0.2, 0.25) is 0 Å². The molecule has 2 rings (SSSR count). The second-order valence-electron chi connectivity index (χ2n) is 6.58. The highest BCUT2D eigenvalue weighted by atomic mass is 16.5. The number of nitrogens with one attached hydrogen (secondary N) is 1. The Morgan fingerprint density at radius 1 is 1.21 bits per heavy atom. The number of amides is 1. The van der Waals surface area contributed by atoms with Gasteiger partial charge >= 0.3 is 5.97 Å². The summed E-state index contributed by atoms with van der Waals surface area (Å²) in [6.45, 7) is 9.18.